The minimum atomic E-state index is -0.471. The maximum Gasteiger partial charge on any atom is 0.282 e. The van der Waals surface area contributed by atoms with Crippen LogP contribution in [-0.2, 0) is 9.59 Å². The van der Waals surface area contributed by atoms with Crippen molar-refractivity contribution in [2.75, 3.05) is 18.0 Å². The van der Waals surface area contributed by atoms with Crippen molar-refractivity contribution in [2.24, 2.45) is 0 Å². The number of nitrogens with zero attached hydrogens (tertiary/aromatic N) is 2. The van der Waals surface area contributed by atoms with Crippen LogP contribution in [0.25, 0.3) is 5.57 Å². The fourth-order valence-corrected chi connectivity index (χ4v) is 4.19. The number of halogens is 3. The molecule has 0 unspecified atom stereocenters. The third-order valence-corrected chi connectivity index (χ3v) is 5.56. The number of hydrogen-bond donors (Lipinski definition) is 0. The number of imide groups is 1. The molecular weight excluding hydrogens is 402 g/mol. The zero-order valence-electron chi connectivity index (χ0n) is 14.9. The van der Waals surface area contributed by atoms with Gasteiger partial charge in [-0.1, -0.05) is 29.3 Å². The van der Waals surface area contributed by atoms with Gasteiger partial charge in [-0.2, -0.15) is 0 Å². The molecule has 2 aromatic carbocycles. The number of piperidine rings is 1. The fourth-order valence-electron chi connectivity index (χ4n) is 3.69. The summed E-state index contributed by atoms with van der Waals surface area (Å²) in [5, 5.41) is 0.750. The summed E-state index contributed by atoms with van der Waals surface area (Å²) in [4.78, 5) is 29.7. The molecule has 0 aliphatic carbocycles. The van der Waals surface area contributed by atoms with E-state index >= 15 is 0 Å². The van der Waals surface area contributed by atoms with Crippen molar-refractivity contribution in [1.29, 1.82) is 0 Å². The van der Waals surface area contributed by atoms with E-state index in [1.807, 2.05) is 4.90 Å². The van der Waals surface area contributed by atoms with Gasteiger partial charge in [0.2, 0.25) is 0 Å². The first-order valence-electron chi connectivity index (χ1n) is 9.06. The van der Waals surface area contributed by atoms with E-state index in [-0.39, 0.29) is 5.57 Å². The highest BCUT2D eigenvalue weighted by Crippen LogP contribution is 2.38. The number of carbonyl (C=O) groups is 2. The summed E-state index contributed by atoms with van der Waals surface area (Å²) in [6.45, 7) is 1.39. The highest BCUT2D eigenvalue weighted by molar-refractivity contribution is 6.47. The van der Waals surface area contributed by atoms with Gasteiger partial charge in [-0.15, -0.1) is 0 Å². The second-order valence-corrected chi connectivity index (χ2v) is 7.66. The van der Waals surface area contributed by atoms with Gasteiger partial charge >= 0.3 is 0 Å². The van der Waals surface area contributed by atoms with E-state index in [4.69, 9.17) is 23.2 Å². The molecule has 1 fully saturated rings. The summed E-state index contributed by atoms with van der Waals surface area (Å²) < 4.78 is 13.3. The molecule has 2 aliphatic heterocycles. The van der Waals surface area contributed by atoms with E-state index in [2.05, 4.69) is 0 Å². The van der Waals surface area contributed by atoms with E-state index in [1.54, 1.807) is 18.2 Å². The Morgan fingerprint density at radius 2 is 1.54 bits per heavy atom. The van der Waals surface area contributed by atoms with Gasteiger partial charge in [0.15, 0.2) is 0 Å². The monoisotopic (exact) mass is 418 g/mol. The molecule has 144 valence electrons. The van der Waals surface area contributed by atoms with Gasteiger partial charge in [-0.25, -0.2) is 9.29 Å². The van der Waals surface area contributed by atoms with Crippen LogP contribution in [-0.4, -0.2) is 29.8 Å². The molecule has 1 saturated heterocycles. The molecule has 0 atom stereocenters. The Balaban J connectivity index is 1.85. The van der Waals surface area contributed by atoms with Crippen molar-refractivity contribution in [1.82, 2.24) is 4.90 Å². The Morgan fingerprint density at radius 1 is 0.857 bits per heavy atom. The van der Waals surface area contributed by atoms with Crippen LogP contribution in [0.2, 0.25) is 10.0 Å². The van der Waals surface area contributed by atoms with Crippen molar-refractivity contribution >= 4 is 46.3 Å². The highest BCUT2D eigenvalue weighted by atomic mass is 35.5. The van der Waals surface area contributed by atoms with Gasteiger partial charge in [0.05, 0.1) is 16.3 Å². The van der Waals surface area contributed by atoms with Crippen LogP contribution in [0.4, 0.5) is 10.1 Å². The highest BCUT2D eigenvalue weighted by Gasteiger charge is 2.43. The molecule has 2 aromatic rings. The molecule has 4 nitrogen and oxygen atoms in total. The van der Waals surface area contributed by atoms with Crippen LogP contribution < -0.4 is 4.90 Å². The molecular formula is C21H17Cl2FN2O2. The Morgan fingerprint density at radius 3 is 2.18 bits per heavy atom. The standard InChI is InChI=1S/C21H17Cl2FN2O2/c22-13-4-9-16(17(23)12-13)18-19(25-10-2-1-3-11-25)21(28)26(20(18)27)15-7-5-14(24)6-8-15/h4-9,12H,1-3,10-11H2. The van der Waals surface area contributed by atoms with E-state index in [0.717, 1.165) is 24.2 Å². The first-order valence-corrected chi connectivity index (χ1v) is 9.82. The van der Waals surface area contributed by atoms with Crippen molar-refractivity contribution < 1.29 is 14.0 Å². The van der Waals surface area contributed by atoms with Gasteiger partial charge in [-0.05, 0) is 55.7 Å². The van der Waals surface area contributed by atoms with Gasteiger partial charge in [0, 0.05) is 23.7 Å². The van der Waals surface area contributed by atoms with E-state index < -0.39 is 17.6 Å². The molecule has 7 heteroatoms. The third-order valence-electron chi connectivity index (χ3n) is 5.02. The fraction of sp³-hybridized carbons (Fsp3) is 0.238. The summed E-state index contributed by atoms with van der Waals surface area (Å²) in [6.07, 6.45) is 2.98. The molecule has 0 bridgehead atoms. The van der Waals surface area contributed by atoms with Crippen molar-refractivity contribution in [3.05, 3.63) is 69.6 Å². The molecule has 2 amide bonds. The molecule has 2 heterocycles. The average molecular weight is 419 g/mol. The molecule has 0 spiro atoms. The summed E-state index contributed by atoms with van der Waals surface area (Å²) in [7, 11) is 0. The van der Waals surface area contributed by atoms with Gasteiger partial charge in [0.25, 0.3) is 11.8 Å². The van der Waals surface area contributed by atoms with Crippen LogP contribution >= 0.6 is 23.2 Å². The minimum Gasteiger partial charge on any atom is -0.366 e. The lowest BCUT2D eigenvalue weighted by Crippen LogP contribution is -2.37. The lowest BCUT2D eigenvalue weighted by atomic mass is 10.0. The lowest BCUT2D eigenvalue weighted by Gasteiger charge is -2.29. The Bertz CT molecular complexity index is 982. The predicted octanol–water partition coefficient (Wildman–Crippen LogP) is 4.90. The zero-order chi connectivity index (χ0) is 19.8. The quantitative estimate of drug-likeness (QED) is 0.665. The number of benzene rings is 2. The maximum atomic E-state index is 13.3. The molecule has 4 rings (SSSR count). The number of amides is 2. The summed E-state index contributed by atoms with van der Waals surface area (Å²) in [5.41, 5.74) is 1.40. The van der Waals surface area contributed by atoms with Gasteiger partial charge < -0.3 is 4.90 Å². The van der Waals surface area contributed by atoms with Crippen molar-refractivity contribution in [3.8, 4) is 0 Å². The third kappa shape index (κ3) is 3.29. The summed E-state index contributed by atoms with van der Waals surface area (Å²) in [6, 6.07) is 10.1. The first-order chi connectivity index (χ1) is 13.5. The lowest BCUT2D eigenvalue weighted by molar-refractivity contribution is -0.120. The van der Waals surface area contributed by atoms with Crippen LogP contribution in [0.5, 0.6) is 0 Å². The van der Waals surface area contributed by atoms with Crippen LogP contribution in [0.1, 0.15) is 24.8 Å². The number of anilines is 1. The molecule has 0 radical (unpaired) electrons. The number of carbonyl (C=O) groups excluding carboxylic acids is 2. The van der Waals surface area contributed by atoms with E-state index in [9.17, 15) is 14.0 Å². The molecule has 0 aromatic heterocycles. The normalized spacial score (nSPS) is 17.7. The zero-order valence-corrected chi connectivity index (χ0v) is 16.4. The molecule has 2 aliphatic rings. The van der Waals surface area contributed by atoms with Crippen LogP contribution in [0.15, 0.2) is 48.2 Å². The van der Waals surface area contributed by atoms with Gasteiger partial charge in [0.1, 0.15) is 11.5 Å². The Kier molecular flexibility index (Phi) is 5.13. The maximum absolute atomic E-state index is 13.3. The van der Waals surface area contributed by atoms with E-state index in [1.165, 1.54) is 24.3 Å². The molecule has 28 heavy (non-hydrogen) atoms. The Labute approximate surface area is 172 Å². The topological polar surface area (TPSA) is 40.6 Å². The van der Waals surface area contributed by atoms with Crippen molar-refractivity contribution in [3.63, 3.8) is 0 Å². The minimum absolute atomic E-state index is 0.262. The second-order valence-electron chi connectivity index (χ2n) is 6.82. The number of rotatable bonds is 3. The van der Waals surface area contributed by atoms with Gasteiger partial charge in [-0.3, -0.25) is 9.59 Å². The molecule has 0 N–H and O–H groups in total. The second kappa shape index (κ2) is 7.57. The van der Waals surface area contributed by atoms with E-state index in [0.29, 0.717) is 40.1 Å². The average Bonchev–Trinajstić information content (AvgIpc) is 2.94. The predicted molar refractivity (Wildman–Crippen MR) is 108 cm³/mol. The van der Waals surface area contributed by atoms with Crippen molar-refractivity contribution in [2.45, 2.75) is 19.3 Å². The van der Waals surface area contributed by atoms with Crippen LogP contribution in [0, 0.1) is 5.82 Å². The smallest absolute Gasteiger partial charge is 0.282 e. The molecule has 0 saturated carbocycles. The number of hydrogen-bond acceptors (Lipinski definition) is 3. The first kappa shape index (κ1) is 19.0. The summed E-state index contributed by atoms with van der Waals surface area (Å²) in [5.74, 6) is -1.33. The Hall–Kier alpha value is -2.37. The number of likely N-dealkylation sites (tertiary alicyclic amines) is 1. The largest absolute Gasteiger partial charge is 0.366 e. The van der Waals surface area contributed by atoms with Crippen LogP contribution in [0.3, 0.4) is 0 Å². The SMILES string of the molecule is O=C1C(c2ccc(Cl)cc2Cl)=C(N2CCCCC2)C(=O)N1c1ccc(F)cc1. The summed E-state index contributed by atoms with van der Waals surface area (Å²) >= 11 is 12.4.